The Kier molecular flexibility index (Phi) is 5.14. The lowest BCUT2D eigenvalue weighted by Gasteiger charge is -2.10. The molecule has 0 bridgehead atoms. The van der Waals surface area contributed by atoms with Gasteiger partial charge in [0, 0.05) is 20.6 Å². The first-order valence-corrected chi connectivity index (χ1v) is 6.12. The zero-order valence-corrected chi connectivity index (χ0v) is 10.8. The molecular weight excluding hydrogens is 243 g/mol. The van der Waals surface area contributed by atoms with Gasteiger partial charge in [-0.05, 0) is 6.92 Å². The molecule has 0 aliphatic carbocycles. The summed E-state index contributed by atoms with van der Waals surface area (Å²) in [5.41, 5.74) is 0. The molecular formula is C10H15FN4OS. The van der Waals surface area contributed by atoms with Gasteiger partial charge < -0.3 is 10.2 Å². The maximum Gasteiger partial charge on any atom is 0.232 e. The summed E-state index contributed by atoms with van der Waals surface area (Å²) in [6.45, 7) is 2.56. The summed E-state index contributed by atoms with van der Waals surface area (Å²) in [7, 11) is 3.31. The fourth-order valence-electron chi connectivity index (χ4n) is 0.955. The molecule has 0 spiro atoms. The Morgan fingerprint density at radius 2 is 2.29 bits per heavy atom. The molecule has 0 atom stereocenters. The minimum atomic E-state index is -0.511. The fraction of sp³-hybridized carbons (Fsp3) is 0.500. The minimum absolute atomic E-state index is 0.0852. The third-order valence-corrected chi connectivity index (χ3v) is 2.83. The van der Waals surface area contributed by atoms with Crippen LogP contribution < -0.4 is 5.32 Å². The van der Waals surface area contributed by atoms with E-state index in [0.29, 0.717) is 12.5 Å². The van der Waals surface area contributed by atoms with Crippen LogP contribution in [0, 0.1) is 5.82 Å². The maximum absolute atomic E-state index is 13.4. The summed E-state index contributed by atoms with van der Waals surface area (Å²) in [5, 5.41) is 3.07. The van der Waals surface area contributed by atoms with Crippen LogP contribution in [0.3, 0.4) is 0 Å². The molecule has 0 saturated heterocycles. The zero-order chi connectivity index (χ0) is 12.8. The molecule has 1 heterocycles. The Morgan fingerprint density at radius 1 is 1.59 bits per heavy atom. The molecule has 5 nitrogen and oxygen atoms in total. The first-order valence-electron chi connectivity index (χ1n) is 5.14. The molecule has 17 heavy (non-hydrogen) atoms. The van der Waals surface area contributed by atoms with Crippen molar-refractivity contribution in [1.82, 2.24) is 14.9 Å². The molecule has 7 heteroatoms. The van der Waals surface area contributed by atoms with E-state index >= 15 is 0 Å². The number of nitrogens with one attached hydrogen (secondary N) is 1. The molecule has 1 rings (SSSR count). The Bertz CT molecular complexity index is 400. The van der Waals surface area contributed by atoms with Gasteiger partial charge in [-0.25, -0.2) is 14.4 Å². The van der Waals surface area contributed by atoms with Crippen LogP contribution in [0.15, 0.2) is 11.2 Å². The molecule has 1 aromatic heterocycles. The maximum atomic E-state index is 13.4. The SMILES string of the molecule is CCNc1ncc(F)c(SCC(=O)N(C)C)n1. The third kappa shape index (κ3) is 4.18. The van der Waals surface area contributed by atoms with Crippen molar-refractivity contribution in [2.45, 2.75) is 11.9 Å². The second kappa shape index (κ2) is 6.39. The van der Waals surface area contributed by atoms with Gasteiger partial charge in [0.1, 0.15) is 5.03 Å². The van der Waals surface area contributed by atoms with E-state index in [-0.39, 0.29) is 16.7 Å². The first-order chi connectivity index (χ1) is 8.04. The molecule has 94 valence electrons. The molecule has 0 aromatic carbocycles. The predicted molar refractivity (Wildman–Crippen MR) is 65.6 cm³/mol. The molecule has 0 radical (unpaired) electrons. The highest BCUT2D eigenvalue weighted by molar-refractivity contribution is 7.99. The van der Waals surface area contributed by atoms with Crippen molar-refractivity contribution in [3.8, 4) is 0 Å². The number of aromatic nitrogens is 2. The van der Waals surface area contributed by atoms with Crippen LogP contribution in [0.2, 0.25) is 0 Å². The normalized spacial score (nSPS) is 10.1. The highest BCUT2D eigenvalue weighted by atomic mass is 32.2. The van der Waals surface area contributed by atoms with Crippen molar-refractivity contribution in [1.29, 1.82) is 0 Å². The van der Waals surface area contributed by atoms with E-state index in [1.54, 1.807) is 14.1 Å². The molecule has 1 amide bonds. The topological polar surface area (TPSA) is 58.1 Å². The second-order valence-electron chi connectivity index (χ2n) is 3.45. The Labute approximate surface area is 104 Å². The highest BCUT2D eigenvalue weighted by Gasteiger charge is 2.11. The number of thioether (sulfide) groups is 1. The lowest BCUT2D eigenvalue weighted by Crippen LogP contribution is -2.23. The number of nitrogens with zero attached hydrogens (tertiary/aromatic N) is 3. The summed E-state index contributed by atoms with van der Waals surface area (Å²) >= 11 is 1.07. The quantitative estimate of drug-likeness (QED) is 0.636. The van der Waals surface area contributed by atoms with Gasteiger partial charge in [0.05, 0.1) is 11.9 Å². The van der Waals surface area contributed by atoms with E-state index < -0.39 is 5.82 Å². The number of carbonyl (C=O) groups is 1. The zero-order valence-electron chi connectivity index (χ0n) is 10.0. The van der Waals surface area contributed by atoms with Crippen molar-refractivity contribution in [2.75, 3.05) is 31.7 Å². The summed E-state index contributed by atoms with van der Waals surface area (Å²) in [4.78, 5) is 20.6. The van der Waals surface area contributed by atoms with Gasteiger partial charge >= 0.3 is 0 Å². The van der Waals surface area contributed by atoms with Gasteiger partial charge in [0.25, 0.3) is 0 Å². The Morgan fingerprint density at radius 3 is 2.88 bits per heavy atom. The van der Waals surface area contributed by atoms with Gasteiger partial charge in [-0.15, -0.1) is 0 Å². The number of hydrogen-bond donors (Lipinski definition) is 1. The fourth-order valence-corrected chi connectivity index (χ4v) is 1.82. The second-order valence-corrected chi connectivity index (χ2v) is 4.42. The average Bonchev–Trinajstić information content (AvgIpc) is 2.29. The van der Waals surface area contributed by atoms with E-state index in [1.165, 1.54) is 4.90 Å². The third-order valence-electron chi connectivity index (χ3n) is 1.88. The molecule has 0 fully saturated rings. The van der Waals surface area contributed by atoms with Crippen LogP contribution in [-0.4, -0.2) is 47.2 Å². The molecule has 0 unspecified atom stereocenters. The molecule has 0 aliphatic heterocycles. The van der Waals surface area contributed by atoms with Crippen molar-refractivity contribution in [3.05, 3.63) is 12.0 Å². The number of anilines is 1. The summed E-state index contributed by atoms with van der Waals surface area (Å²) in [5.74, 6) is -0.0677. The average molecular weight is 258 g/mol. The Balaban J connectivity index is 2.69. The van der Waals surface area contributed by atoms with Gasteiger partial charge in [0.2, 0.25) is 11.9 Å². The first kappa shape index (κ1) is 13.7. The number of halogens is 1. The van der Waals surface area contributed by atoms with Crippen LogP contribution in [0.25, 0.3) is 0 Å². The number of carbonyl (C=O) groups excluding carboxylic acids is 1. The van der Waals surface area contributed by atoms with E-state index in [2.05, 4.69) is 15.3 Å². The van der Waals surface area contributed by atoms with Gasteiger partial charge in [-0.2, -0.15) is 0 Å². The molecule has 0 saturated carbocycles. The van der Waals surface area contributed by atoms with E-state index in [4.69, 9.17) is 0 Å². The number of hydrogen-bond acceptors (Lipinski definition) is 5. The summed E-state index contributed by atoms with van der Waals surface area (Å²) in [6, 6.07) is 0. The van der Waals surface area contributed by atoms with E-state index in [0.717, 1.165) is 18.0 Å². The van der Waals surface area contributed by atoms with Crippen LogP contribution in [-0.2, 0) is 4.79 Å². The van der Waals surface area contributed by atoms with Gasteiger partial charge in [0.15, 0.2) is 5.82 Å². The molecule has 1 N–H and O–H groups in total. The lowest BCUT2D eigenvalue weighted by molar-refractivity contribution is -0.125. The van der Waals surface area contributed by atoms with Crippen molar-refractivity contribution < 1.29 is 9.18 Å². The number of amides is 1. The summed E-state index contributed by atoms with van der Waals surface area (Å²) < 4.78 is 13.4. The lowest BCUT2D eigenvalue weighted by atomic mass is 10.6. The monoisotopic (exact) mass is 258 g/mol. The Hall–Kier alpha value is -1.37. The van der Waals surface area contributed by atoms with Gasteiger partial charge in [-0.1, -0.05) is 11.8 Å². The van der Waals surface area contributed by atoms with Crippen LogP contribution in [0.1, 0.15) is 6.92 Å². The summed E-state index contributed by atoms with van der Waals surface area (Å²) in [6.07, 6.45) is 1.10. The number of rotatable bonds is 5. The molecule has 0 aliphatic rings. The van der Waals surface area contributed by atoms with Gasteiger partial charge in [-0.3, -0.25) is 4.79 Å². The van der Waals surface area contributed by atoms with Crippen LogP contribution in [0.5, 0.6) is 0 Å². The highest BCUT2D eigenvalue weighted by Crippen LogP contribution is 2.20. The van der Waals surface area contributed by atoms with Crippen molar-refractivity contribution in [2.24, 2.45) is 0 Å². The van der Waals surface area contributed by atoms with E-state index in [1.807, 2.05) is 6.92 Å². The van der Waals surface area contributed by atoms with Crippen LogP contribution >= 0.6 is 11.8 Å². The van der Waals surface area contributed by atoms with E-state index in [9.17, 15) is 9.18 Å². The minimum Gasteiger partial charge on any atom is -0.354 e. The van der Waals surface area contributed by atoms with Crippen molar-refractivity contribution >= 4 is 23.6 Å². The largest absolute Gasteiger partial charge is 0.354 e. The predicted octanol–water partition coefficient (Wildman–Crippen LogP) is 1.23. The van der Waals surface area contributed by atoms with Crippen LogP contribution in [0.4, 0.5) is 10.3 Å². The molecule has 1 aromatic rings. The standard InChI is InChI=1S/C10H15FN4OS/c1-4-12-10-13-5-7(11)9(14-10)17-6-8(16)15(2)3/h5H,4,6H2,1-3H3,(H,12,13,14). The van der Waals surface area contributed by atoms with Crippen molar-refractivity contribution in [3.63, 3.8) is 0 Å². The smallest absolute Gasteiger partial charge is 0.232 e.